The van der Waals surface area contributed by atoms with Gasteiger partial charge in [0.15, 0.2) is 0 Å². The Bertz CT molecular complexity index is 972. The minimum Gasteiger partial charge on any atom is -0.497 e. The first kappa shape index (κ1) is 17.8. The highest BCUT2D eigenvalue weighted by molar-refractivity contribution is 7.91. The molecule has 0 unspecified atom stereocenters. The third-order valence-corrected chi connectivity index (χ3v) is 6.49. The average molecular weight is 396 g/mol. The zero-order chi connectivity index (χ0) is 17.9. The first-order valence-corrected chi connectivity index (χ1v) is 9.86. The Kier molecular flexibility index (Phi) is 5.33. The monoisotopic (exact) mass is 395 g/mol. The van der Waals surface area contributed by atoms with Gasteiger partial charge < -0.3 is 4.74 Å². The van der Waals surface area contributed by atoms with Crippen LogP contribution in [0.3, 0.4) is 0 Å². The van der Waals surface area contributed by atoms with Crippen LogP contribution >= 0.6 is 22.9 Å². The quantitative estimate of drug-likeness (QED) is 0.692. The number of aromatic nitrogens is 2. The molecule has 0 fully saturated rings. The summed E-state index contributed by atoms with van der Waals surface area (Å²) in [7, 11) is -2.02. The van der Waals surface area contributed by atoms with Gasteiger partial charge in [-0.15, -0.1) is 11.3 Å². The number of rotatable bonds is 6. The van der Waals surface area contributed by atoms with Crippen molar-refractivity contribution in [2.75, 3.05) is 7.11 Å². The molecular formula is C16H14ClN3O3S2. The van der Waals surface area contributed by atoms with Crippen molar-refractivity contribution in [1.29, 1.82) is 0 Å². The maximum absolute atomic E-state index is 12.2. The highest BCUT2D eigenvalue weighted by atomic mass is 35.5. The lowest BCUT2D eigenvalue weighted by molar-refractivity contribution is 0.415. The number of nitrogens with one attached hydrogen (secondary N) is 1. The molecule has 3 aromatic rings. The fourth-order valence-corrected chi connectivity index (χ4v) is 4.62. The molecule has 0 radical (unpaired) electrons. The van der Waals surface area contributed by atoms with Crippen molar-refractivity contribution < 1.29 is 13.2 Å². The normalized spacial score (nSPS) is 11.4. The lowest BCUT2D eigenvalue weighted by Gasteiger charge is -2.07. The van der Waals surface area contributed by atoms with E-state index in [2.05, 4.69) is 14.7 Å². The molecule has 0 bridgehead atoms. The molecule has 0 aliphatic carbocycles. The number of thiophene rings is 1. The van der Waals surface area contributed by atoms with Gasteiger partial charge in [0, 0.05) is 5.56 Å². The highest BCUT2D eigenvalue weighted by Crippen LogP contribution is 2.25. The van der Waals surface area contributed by atoms with Gasteiger partial charge in [-0.2, -0.15) is 0 Å². The number of nitrogens with zero attached hydrogens (tertiary/aromatic N) is 2. The van der Waals surface area contributed by atoms with E-state index < -0.39 is 10.0 Å². The number of halogens is 1. The summed E-state index contributed by atoms with van der Waals surface area (Å²) in [6, 6.07) is 12.2. The third-order valence-electron chi connectivity index (χ3n) is 3.37. The van der Waals surface area contributed by atoms with Crippen molar-refractivity contribution in [3.63, 3.8) is 0 Å². The van der Waals surface area contributed by atoms with Crippen LogP contribution in [0.1, 0.15) is 5.69 Å². The second-order valence-corrected chi connectivity index (χ2v) is 8.72. The van der Waals surface area contributed by atoms with E-state index in [0.717, 1.165) is 22.6 Å². The second kappa shape index (κ2) is 7.49. The van der Waals surface area contributed by atoms with Gasteiger partial charge in [0.05, 0.1) is 29.4 Å². The lowest BCUT2D eigenvalue weighted by Crippen LogP contribution is -2.23. The van der Waals surface area contributed by atoms with Gasteiger partial charge in [-0.1, -0.05) is 11.6 Å². The fraction of sp³-hybridized carbons (Fsp3) is 0.125. The Hall–Kier alpha value is -2.00. The van der Waals surface area contributed by atoms with Gasteiger partial charge in [-0.25, -0.2) is 23.1 Å². The van der Waals surface area contributed by atoms with E-state index in [1.807, 2.05) is 24.3 Å². The summed E-state index contributed by atoms with van der Waals surface area (Å²) >= 11 is 6.79. The minimum absolute atomic E-state index is 0.0591. The molecule has 2 aromatic heterocycles. The molecule has 0 spiro atoms. The predicted octanol–water partition coefficient (Wildman–Crippen LogP) is 3.35. The summed E-state index contributed by atoms with van der Waals surface area (Å²) in [5, 5.41) is 0. The van der Waals surface area contributed by atoms with E-state index in [-0.39, 0.29) is 10.8 Å². The summed E-state index contributed by atoms with van der Waals surface area (Å²) in [4.78, 5) is 8.34. The van der Waals surface area contributed by atoms with Gasteiger partial charge in [0.1, 0.15) is 16.3 Å². The Labute approximate surface area is 154 Å². The molecule has 6 nitrogen and oxygen atoms in total. The van der Waals surface area contributed by atoms with E-state index in [1.54, 1.807) is 19.2 Å². The van der Waals surface area contributed by atoms with Crippen LogP contribution in [0.4, 0.5) is 0 Å². The lowest BCUT2D eigenvalue weighted by atomic mass is 10.1. The molecule has 0 amide bonds. The van der Waals surface area contributed by atoms with Crippen molar-refractivity contribution in [1.82, 2.24) is 14.7 Å². The average Bonchev–Trinajstić information content (AvgIpc) is 3.08. The van der Waals surface area contributed by atoms with E-state index in [4.69, 9.17) is 16.3 Å². The molecule has 9 heteroatoms. The number of benzene rings is 1. The van der Waals surface area contributed by atoms with Crippen molar-refractivity contribution in [2.24, 2.45) is 0 Å². The van der Waals surface area contributed by atoms with Crippen LogP contribution in [-0.2, 0) is 16.6 Å². The number of methoxy groups -OCH3 is 1. The van der Waals surface area contributed by atoms with Crippen molar-refractivity contribution >= 4 is 33.0 Å². The Morgan fingerprint density at radius 3 is 2.56 bits per heavy atom. The van der Waals surface area contributed by atoms with Gasteiger partial charge in [0.25, 0.3) is 0 Å². The fourth-order valence-electron chi connectivity index (χ4n) is 2.10. The van der Waals surface area contributed by atoms with E-state index >= 15 is 0 Å². The number of ether oxygens (including phenoxy) is 1. The van der Waals surface area contributed by atoms with Crippen LogP contribution in [0.15, 0.2) is 53.0 Å². The molecule has 2 heterocycles. The predicted molar refractivity (Wildman–Crippen MR) is 97.4 cm³/mol. The molecular weight excluding hydrogens is 382 g/mol. The second-order valence-electron chi connectivity index (χ2n) is 5.01. The van der Waals surface area contributed by atoms with Crippen LogP contribution in [0, 0.1) is 0 Å². The third kappa shape index (κ3) is 4.35. The summed E-state index contributed by atoms with van der Waals surface area (Å²) in [5.74, 6) is 0.750. The SMILES string of the molecule is COc1ccc(-c2cc(CNS(=O)(=O)c3ccc(Cl)s3)ncn2)cc1. The molecule has 0 aliphatic rings. The smallest absolute Gasteiger partial charge is 0.250 e. The zero-order valence-corrected chi connectivity index (χ0v) is 15.5. The van der Waals surface area contributed by atoms with E-state index in [0.29, 0.717) is 15.7 Å². The van der Waals surface area contributed by atoms with Crippen LogP contribution < -0.4 is 9.46 Å². The van der Waals surface area contributed by atoms with E-state index in [9.17, 15) is 8.42 Å². The summed E-state index contributed by atoms with van der Waals surface area (Å²) in [6.45, 7) is 0.0591. The Morgan fingerprint density at radius 2 is 1.92 bits per heavy atom. The van der Waals surface area contributed by atoms with Crippen molar-refractivity contribution in [3.05, 3.63) is 58.8 Å². The van der Waals surface area contributed by atoms with Crippen molar-refractivity contribution in [3.8, 4) is 17.0 Å². The van der Waals surface area contributed by atoms with Crippen LogP contribution in [0.5, 0.6) is 5.75 Å². The largest absolute Gasteiger partial charge is 0.497 e. The van der Waals surface area contributed by atoms with Gasteiger partial charge in [-0.05, 0) is 42.5 Å². The molecule has 0 saturated carbocycles. The number of hydrogen-bond acceptors (Lipinski definition) is 6. The maximum Gasteiger partial charge on any atom is 0.250 e. The van der Waals surface area contributed by atoms with Crippen LogP contribution in [-0.4, -0.2) is 25.5 Å². The van der Waals surface area contributed by atoms with Gasteiger partial charge >= 0.3 is 0 Å². The molecule has 25 heavy (non-hydrogen) atoms. The van der Waals surface area contributed by atoms with Gasteiger partial charge in [-0.3, -0.25) is 0 Å². The molecule has 3 rings (SSSR count). The molecule has 1 aromatic carbocycles. The zero-order valence-electron chi connectivity index (χ0n) is 13.1. The van der Waals surface area contributed by atoms with Crippen molar-refractivity contribution in [2.45, 2.75) is 10.8 Å². The standard InChI is InChI=1S/C16H14ClN3O3S2/c1-23-13-4-2-11(3-5-13)14-8-12(18-10-19-14)9-20-25(21,22)16-7-6-15(17)24-16/h2-8,10,20H,9H2,1H3. The first-order valence-electron chi connectivity index (χ1n) is 7.18. The summed E-state index contributed by atoms with van der Waals surface area (Å²) < 4.78 is 32.7. The molecule has 1 N–H and O–H groups in total. The first-order chi connectivity index (χ1) is 12.0. The number of sulfonamides is 1. The van der Waals surface area contributed by atoms with Crippen LogP contribution in [0.25, 0.3) is 11.3 Å². The molecule has 0 aliphatic heterocycles. The topological polar surface area (TPSA) is 81.2 Å². The molecule has 0 atom stereocenters. The highest BCUT2D eigenvalue weighted by Gasteiger charge is 2.16. The number of hydrogen-bond donors (Lipinski definition) is 1. The maximum atomic E-state index is 12.2. The molecule has 0 saturated heterocycles. The summed E-state index contributed by atoms with van der Waals surface area (Å²) in [6.07, 6.45) is 1.41. The Morgan fingerprint density at radius 1 is 1.16 bits per heavy atom. The van der Waals surface area contributed by atoms with Gasteiger partial charge in [0.2, 0.25) is 10.0 Å². The van der Waals surface area contributed by atoms with E-state index in [1.165, 1.54) is 12.4 Å². The van der Waals surface area contributed by atoms with Crippen LogP contribution in [0.2, 0.25) is 4.34 Å². The minimum atomic E-state index is -3.62. The Balaban J connectivity index is 1.75. The summed E-state index contributed by atoms with van der Waals surface area (Å²) in [5.41, 5.74) is 2.15. The molecule has 130 valence electrons.